The highest BCUT2D eigenvalue weighted by Gasteiger charge is 2.65. The third kappa shape index (κ3) is 12.4. The lowest BCUT2D eigenvalue weighted by atomic mass is 10.00. The first-order valence-corrected chi connectivity index (χ1v) is 15.2. The monoisotopic (exact) mass is 717 g/mol. The van der Waals surface area contributed by atoms with Crippen LogP contribution >= 0.6 is 0 Å². The van der Waals surface area contributed by atoms with Gasteiger partial charge in [0.25, 0.3) is 5.91 Å². The van der Waals surface area contributed by atoms with E-state index >= 15 is 0 Å². The van der Waals surface area contributed by atoms with Crippen LogP contribution in [-0.2, 0) is 31.3 Å². The van der Waals surface area contributed by atoms with Gasteiger partial charge in [-0.3, -0.25) is 24.0 Å². The molecule has 2 aromatic carbocycles. The minimum absolute atomic E-state index is 0.128. The van der Waals surface area contributed by atoms with Gasteiger partial charge >= 0.3 is 18.0 Å². The highest BCUT2D eigenvalue weighted by atomic mass is 19.4. The van der Waals surface area contributed by atoms with E-state index in [1.165, 1.54) is 18.6 Å². The molecule has 3 atom stereocenters. The van der Waals surface area contributed by atoms with Crippen LogP contribution in [0.5, 0.6) is 0 Å². The number of hydrogen-bond acceptors (Lipinski definition) is 8. The van der Waals surface area contributed by atoms with Crippen molar-refractivity contribution in [3.63, 3.8) is 0 Å². The molecule has 0 fully saturated rings. The Hall–Kier alpha value is -5.07. The highest BCUT2D eigenvalue weighted by Crippen LogP contribution is 2.52. The molecule has 274 valence electrons. The molecule has 19 heteroatoms. The van der Waals surface area contributed by atoms with E-state index in [4.69, 9.17) is 5.73 Å². The van der Waals surface area contributed by atoms with E-state index in [9.17, 15) is 55.4 Å². The van der Waals surface area contributed by atoms with Gasteiger partial charge in [0.05, 0.1) is 19.1 Å². The first kappa shape index (κ1) is 41.1. The number of benzene rings is 2. The molecule has 5 amide bonds. The van der Waals surface area contributed by atoms with Crippen molar-refractivity contribution in [3.8, 4) is 0 Å². The number of carbonyl (C=O) groups is 5. The van der Waals surface area contributed by atoms with Gasteiger partial charge in [0, 0.05) is 24.0 Å². The van der Waals surface area contributed by atoms with E-state index < -0.39 is 97.2 Å². The Morgan fingerprint density at radius 2 is 1.44 bits per heavy atom. The molecule has 0 saturated heterocycles. The zero-order valence-corrected chi connectivity index (χ0v) is 26.9. The van der Waals surface area contributed by atoms with Gasteiger partial charge in [-0.15, -0.1) is 10.2 Å². The Morgan fingerprint density at radius 1 is 0.860 bits per heavy atom. The van der Waals surface area contributed by atoms with Crippen molar-refractivity contribution in [1.29, 1.82) is 0 Å². The minimum atomic E-state index is -5.14. The van der Waals surface area contributed by atoms with Gasteiger partial charge in [0.15, 0.2) is 6.10 Å². The van der Waals surface area contributed by atoms with Crippen molar-refractivity contribution >= 4 is 29.5 Å². The number of hydrogen-bond donors (Lipinski definition) is 6. The van der Waals surface area contributed by atoms with Gasteiger partial charge in [-0.2, -0.15) is 26.3 Å². The minimum Gasteiger partial charge on any atom is -0.382 e. The molecule has 0 aromatic heterocycles. The fourth-order valence-corrected chi connectivity index (χ4v) is 4.27. The van der Waals surface area contributed by atoms with Crippen molar-refractivity contribution in [3.05, 3.63) is 71.3 Å². The lowest BCUT2D eigenvalue weighted by Crippen LogP contribution is -2.54. The van der Waals surface area contributed by atoms with E-state index in [1.54, 1.807) is 30.3 Å². The Kier molecular flexibility index (Phi) is 14.9. The summed E-state index contributed by atoms with van der Waals surface area (Å²) in [5, 5.41) is 24.4. The molecule has 0 radical (unpaired) electrons. The fraction of sp³-hybridized carbons (Fsp3) is 0.452. The number of nitrogens with two attached hydrogens (primary N) is 1. The first-order chi connectivity index (χ1) is 23.3. The summed E-state index contributed by atoms with van der Waals surface area (Å²) >= 11 is 0. The van der Waals surface area contributed by atoms with Crippen LogP contribution in [0.3, 0.4) is 0 Å². The average molecular weight is 718 g/mol. The fourth-order valence-electron chi connectivity index (χ4n) is 4.27. The van der Waals surface area contributed by atoms with Gasteiger partial charge in [-0.1, -0.05) is 62.7 Å². The van der Waals surface area contributed by atoms with Crippen molar-refractivity contribution < 1.29 is 55.4 Å². The maximum atomic E-state index is 13.3. The standard InChI is InChI=1S/C28H29F6N7O6.C3H8/c29-27(30,31)23(45)18(9-10-20(35)42)38-21(43)14-37-25(47)19(11-15-5-2-1-3-6-15)39-22(44)13-36-24(46)16-7-4-8-17(12-16)26(40-41-26)28(32,33)34;1-3-2/h1-8,12,18-19,23,45H,9-11,13-14H2,(H2,35,42)(H,36,46)(H,37,47)(H,38,43)(H,39,44);3H2,1-2H3. The van der Waals surface area contributed by atoms with Crippen LogP contribution in [-0.4, -0.2) is 78.3 Å². The average Bonchev–Trinajstić information content (AvgIpc) is 3.87. The first-order valence-electron chi connectivity index (χ1n) is 15.2. The summed E-state index contributed by atoms with van der Waals surface area (Å²) in [5.74, 6) is -4.91. The maximum Gasteiger partial charge on any atom is 0.442 e. The summed E-state index contributed by atoms with van der Waals surface area (Å²) in [6, 6.07) is 9.24. The molecule has 50 heavy (non-hydrogen) atoms. The van der Waals surface area contributed by atoms with Crippen molar-refractivity contribution in [2.75, 3.05) is 13.1 Å². The topological polar surface area (TPSA) is 204 Å². The SMILES string of the molecule is CCC.NC(=O)CCC(NC(=O)CNC(=O)C(Cc1ccccc1)NC(=O)CNC(=O)c1cccc(C2(C(F)(F)F)N=N2)c1)C(O)C(F)(F)F. The molecule has 1 heterocycles. The summed E-state index contributed by atoms with van der Waals surface area (Å²) in [4.78, 5) is 61.6. The smallest absolute Gasteiger partial charge is 0.382 e. The number of aliphatic hydroxyl groups is 1. The number of halogens is 6. The van der Waals surface area contributed by atoms with Crippen LogP contribution < -0.4 is 27.0 Å². The summed E-state index contributed by atoms with van der Waals surface area (Å²) in [7, 11) is 0. The second-order valence-corrected chi connectivity index (χ2v) is 11.0. The van der Waals surface area contributed by atoms with Crippen LogP contribution in [0.25, 0.3) is 0 Å². The van der Waals surface area contributed by atoms with Crippen LogP contribution in [0, 0.1) is 0 Å². The number of nitrogens with zero attached hydrogens (tertiary/aromatic N) is 2. The summed E-state index contributed by atoms with van der Waals surface area (Å²) in [6.45, 7) is 2.64. The molecule has 0 saturated carbocycles. The lowest BCUT2D eigenvalue weighted by molar-refractivity contribution is -0.212. The van der Waals surface area contributed by atoms with Crippen LogP contribution in [0.15, 0.2) is 64.8 Å². The molecule has 13 nitrogen and oxygen atoms in total. The second kappa shape index (κ2) is 18.1. The van der Waals surface area contributed by atoms with Gasteiger partial charge in [0.2, 0.25) is 23.6 Å². The lowest BCUT2D eigenvalue weighted by Gasteiger charge is -2.26. The number of carbonyl (C=O) groups excluding carboxylic acids is 5. The molecular weight excluding hydrogens is 680 g/mol. The molecular formula is C31H37F6N7O6. The third-order valence-corrected chi connectivity index (χ3v) is 6.75. The molecule has 3 rings (SSSR count). The Balaban J connectivity index is 0.00000278. The van der Waals surface area contributed by atoms with Crippen LogP contribution in [0.4, 0.5) is 26.3 Å². The molecule has 1 aliphatic heterocycles. The second-order valence-electron chi connectivity index (χ2n) is 11.0. The van der Waals surface area contributed by atoms with Gasteiger partial charge in [-0.25, -0.2) is 0 Å². The number of rotatable bonds is 15. The Bertz CT molecular complexity index is 1520. The molecule has 3 unspecified atom stereocenters. The van der Waals surface area contributed by atoms with Gasteiger partial charge in [-0.05, 0) is 24.1 Å². The number of alkyl halides is 6. The summed E-state index contributed by atoms with van der Waals surface area (Å²) in [5.41, 5.74) is 2.09. The van der Waals surface area contributed by atoms with Gasteiger partial charge < -0.3 is 32.1 Å². The molecule has 2 aromatic rings. The van der Waals surface area contributed by atoms with Crippen molar-refractivity contribution in [2.45, 2.75) is 75.7 Å². The number of amides is 5. The van der Waals surface area contributed by atoms with Gasteiger partial charge in [0.1, 0.15) is 6.04 Å². The molecule has 0 aliphatic carbocycles. The Morgan fingerprint density at radius 3 is 1.98 bits per heavy atom. The normalized spacial score (nSPS) is 14.9. The van der Waals surface area contributed by atoms with Crippen molar-refractivity contribution in [1.82, 2.24) is 21.3 Å². The van der Waals surface area contributed by atoms with Crippen molar-refractivity contribution in [2.24, 2.45) is 16.0 Å². The highest BCUT2D eigenvalue weighted by molar-refractivity contribution is 5.97. The van der Waals surface area contributed by atoms with E-state index in [-0.39, 0.29) is 12.0 Å². The van der Waals surface area contributed by atoms with Crippen LogP contribution in [0.1, 0.15) is 54.6 Å². The summed E-state index contributed by atoms with van der Waals surface area (Å²) < 4.78 is 79.1. The molecule has 7 N–H and O–H groups in total. The Labute approximate surface area is 282 Å². The molecule has 0 spiro atoms. The van der Waals surface area contributed by atoms with E-state index in [2.05, 4.69) is 40.0 Å². The number of aliphatic hydroxyl groups excluding tert-OH is 1. The quantitative estimate of drug-likeness (QED) is 0.153. The predicted molar refractivity (Wildman–Crippen MR) is 165 cm³/mol. The third-order valence-electron chi connectivity index (χ3n) is 6.75. The van der Waals surface area contributed by atoms with Crippen LogP contribution in [0.2, 0.25) is 0 Å². The number of nitrogens with one attached hydrogen (secondary N) is 4. The zero-order chi connectivity index (χ0) is 37.7. The number of primary amides is 1. The largest absolute Gasteiger partial charge is 0.442 e. The maximum absolute atomic E-state index is 13.3. The van der Waals surface area contributed by atoms with E-state index in [0.717, 1.165) is 12.1 Å². The molecule has 1 aliphatic rings. The van der Waals surface area contributed by atoms with E-state index in [0.29, 0.717) is 5.56 Å². The summed E-state index contributed by atoms with van der Waals surface area (Å²) in [6.07, 6.45) is -13.1. The van der Waals surface area contributed by atoms with E-state index in [1.807, 2.05) is 5.32 Å². The predicted octanol–water partition coefficient (Wildman–Crippen LogP) is 2.53. The zero-order valence-electron chi connectivity index (χ0n) is 26.9. The molecule has 0 bridgehead atoms.